The van der Waals surface area contributed by atoms with E-state index in [4.69, 9.17) is 5.73 Å². The molecule has 2 rings (SSSR count). The van der Waals surface area contributed by atoms with Gasteiger partial charge >= 0.3 is 0 Å². The van der Waals surface area contributed by atoms with E-state index in [1.165, 1.54) is 0 Å². The van der Waals surface area contributed by atoms with Crippen LogP contribution in [0.25, 0.3) is 11.0 Å². The zero-order chi connectivity index (χ0) is 7.84. The van der Waals surface area contributed by atoms with Crippen LogP contribution in [-0.2, 0) is 0 Å². The molecule has 0 atom stereocenters. The standard InChI is InChI=1S/C6H5IN4/c7-6-10-4(8)3-1-2-9-5(3)11-6/h1-2H,(H3,8,9,10,11). The molecule has 0 aromatic carbocycles. The lowest BCUT2D eigenvalue weighted by Crippen LogP contribution is -1.95. The largest absolute Gasteiger partial charge is 0.383 e. The van der Waals surface area contributed by atoms with Crippen LogP contribution in [0, 0.1) is 3.83 Å². The van der Waals surface area contributed by atoms with Crippen LogP contribution in [0.5, 0.6) is 0 Å². The Labute approximate surface area is 76.4 Å². The highest BCUT2D eigenvalue weighted by molar-refractivity contribution is 14.1. The number of fused-ring (bicyclic) bond motifs is 1. The van der Waals surface area contributed by atoms with Crippen LogP contribution in [0.2, 0.25) is 0 Å². The van der Waals surface area contributed by atoms with Crippen molar-refractivity contribution in [1.82, 2.24) is 15.0 Å². The maximum atomic E-state index is 5.63. The first kappa shape index (κ1) is 6.84. The predicted molar refractivity (Wildman–Crippen MR) is 51.0 cm³/mol. The molecule has 0 amide bonds. The molecule has 0 aliphatic heterocycles. The van der Waals surface area contributed by atoms with Crippen LogP contribution in [0.15, 0.2) is 12.3 Å². The molecule has 2 aromatic rings. The summed E-state index contributed by atoms with van der Waals surface area (Å²) < 4.78 is 0.662. The summed E-state index contributed by atoms with van der Waals surface area (Å²) in [6, 6.07) is 1.86. The van der Waals surface area contributed by atoms with Crippen LogP contribution in [-0.4, -0.2) is 15.0 Å². The van der Waals surface area contributed by atoms with E-state index in [2.05, 4.69) is 15.0 Å². The highest BCUT2D eigenvalue weighted by Gasteiger charge is 2.02. The third-order valence-electron chi connectivity index (χ3n) is 1.42. The van der Waals surface area contributed by atoms with Crippen LogP contribution in [0.3, 0.4) is 0 Å². The van der Waals surface area contributed by atoms with E-state index in [1.54, 1.807) is 6.20 Å². The van der Waals surface area contributed by atoms with Gasteiger partial charge in [-0.3, -0.25) is 0 Å². The first-order chi connectivity index (χ1) is 5.27. The fraction of sp³-hybridized carbons (Fsp3) is 0. The average Bonchev–Trinajstić information content (AvgIpc) is 2.34. The zero-order valence-electron chi connectivity index (χ0n) is 5.50. The Balaban J connectivity index is 2.91. The number of nitrogen functional groups attached to an aromatic ring is 1. The molecule has 4 nitrogen and oxygen atoms in total. The van der Waals surface area contributed by atoms with Gasteiger partial charge in [-0.15, -0.1) is 0 Å². The molecule has 0 bridgehead atoms. The number of hydrogen-bond donors (Lipinski definition) is 2. The second-order valence-corrected chi connectivity index (χ2v) is 3.08. The maximum absolute atomic E-state index is 5.63. The van der Waals surface area contributed by atoms with Crippen LogP contribution in [0.1, 0.15) is 0 Å². The lowest BCUT2D eigenvalue weighted by molar-refractivity contribution is 1.15. The topological polar surface area (TPSA) is 67.6 Å². The Morgan fingerprint density at radius 2 is 2.27 bits per heavy atom. The third-order valence-corrected chi connectivity index (χ3v) is 1.90. The van der Waals surface area contributed by atoms with Gasteiger partial charge in [0, 0.05) is 28.8 Å². The average molecular weight is 260 g/mol. The van der Waals surface area contributed by atoms with Crippen molar-refractivity contribution < 1.29 is 0 Å². The molecule has 11 heavy (non-hydrogen) atoms. The van der Waals surface area contributed by atoms with Crippen LogP contribution < -0.4 is 5.73 Å². The summed E-state index contributed by atoms with van der Waals surface area (Å²) in [6.45, 7) is 0. The molecule has 0 aliphatic carbocycles. The van der Waals surface area contributed by atoms with Gasteiger partial charge in [-0.1, -0.05) is 0 Å². The van der Waals surface area contributed by atoms with E-state index in [9.17, 15) is 0 Å². The summed E-state index contributed by atoms with van der Waals surface area (Å²) in [5.41, 5.74) is 6.42. The van der Waals surface area contributed by atoms with Gasteiger partial charge in [0.05, 0.1) is 5.39 Å². The van der Waals surface area contributed by atoms with Gasteiger partial charge in [0.15, 0.2) is 3.83 Å². The SMILES string of the molecule is Nc1nc(I)nc2[nH]ccc12. The maximum Gasteiger partial charge on any atom is 0.194 e. The highest BCUT2D eigenvalue weighted by atomic mass is 127. The smallest absolute Gasteiger partial charge is 0.194 e. The quantitative estimate of drug-likeness (QED) is 0.551. The molecule has 0 saturated heterocycles. The van der Waals surface area contributed by atoms with Crippen molar-refractivity contribution in [1.29, 1.82) is 0 Å². The summed E-state index contributed by atoms with van der Waals surface area (Å²) in [7, 11) is 0. The predicted octanol–water partition coefficient (Wildman–Crippen LogP) is 1.14. The summed E-state index contributed by atoms with van der Waals surface area (Å²) >= 11 is 2.03. The molecule has 0 radical (unpaired) electrons. The van der Waals surface area contributed by atoms with Gasteiger partial charge in [0.25, 0.3) is 0 Å². The Bertz CT molecular complexity index is 394. The number of nitrogens with two attached hydrogens (primary N) is 1. The number of aromatic nitrogens is 3. The summed E-state index contributed by atoms with van der Waals surface area (Å²) in [5, 5.41) is 0.880. The Kier molecular flexibility index (Phi) is 1.45. The Morgan fingerprint density at radius 1 is 1.45 bits per heavy atom. The summed E-state index contributed by atoms with van der Waals surface area (Å²) in [6.07, 6.45) is 1.80. The molecule has 56 valence electrons. The van der Waals surface area contributed by atoms with E-state index in [0.717, 1.165) is 11.0 Å². The number of aromatic amines is 1. The van der Waals surface area contributed by atoms with E-state index >= 15 is 0 Å². The van der Waals surface area contributed by atoms with Crippen molar-refractivity contribution in [3.8, 4) is 0 Å². The van der Waals surface area contributed by atoms with Crippen LogP contribution in [0.4, 0.5) is 5.82 Å². The highest BCUT2D eigenvalue weighted by Crippen LogP contribution is 2.16. The summed E-state index contributed by atoms with van der Waals surface area (Å²) in [4.78, 5) is 11.1. The lowest BCUT2D eigenvalue weighted by Gasteiger charge is -1.94. The molecule has 0 unspecified atom stereocenters. The Hall–Kier alpha value is -0.850. The first-order valence-electron chi connectivity index (χ1n) is 3.03. The van der Waals surface area contributed by atoms with Crippen LogP contribution >= 0.6 is 22.6 Å². The summed E-state index contributed by atoms with van der Waals surface area (Å²) in [5.74, 6) is 0.528. The van der Waals surface area contributed by atoms with E-state index in [-0.39, 0.29) is 0 Å². The van der Waals surface area contributed by atoms with Gasteiger partial charge in [0.1, 0.15) is 11.5 Å². The van der Waals surface area contributed by atoms with Gasteiger partial charge in [-0.05, 0) is 6.07 Å². The van der Waals surface area contributed by atoms with Gasteiger partial charge < -0.3 is 10.7 Å². The van der Waals surface area contributed by atoms with Gasteiger partial charge in [-0.25, -0.2) is 9.97 Å². The Morgan fingerprint density at radius 3 is 3.09 bits per heavy atom. The van der Waals surface area contributed by atoms with Crippen molar-refractivity contribution in [2.24, 2.45) is 0 Å². The number of nitrogens with one attached hydrogen (secondary N) is 1. The first-order valence-corrected chi connectivity index (χ1v) is 4.11. The molecule has 0 aliphatic rings. The molecule has 5 heteroatoms. The van der Waals surface area contributed by atoms with E-state index < -0.39 is 0 Å². The minimum Gasteiger partial charge on any atom is -0.383 e. The minimum absolute atomic E-state index is 0.528. The fourth-order valence-electron chi connectivity index (χ4n) is 0.937. The third kappa shape index (κ3) is 1.05. The number of rotatable bonds is 0. The molecule has 2 aromatic heterocycles. The molecule has 0 saturated carbocycles. The van der Waals surface area contributed by atoms with Gasteiger partial charge in [-0.2, -0.15) is 0 Å². The number of anilines is 1. The number of H-pyrrole nitrogens is 1. The lowest BCUT2D eigenvalue weighted by atomic mass is 10.4. The molecule has 3 N–H and O–H groups in total. The van der Waals surface area contributed by atoms with Crippen molar-refractivity contribution in [2.75, 3.05) is 5.73 Å². The molecule has 0 fully saturated rings. The van der Waals surface area contributed by atoms with Gasteiger partial charge in [0.2, 0.25) is 0 Å². The molecule has 0 spiro atoms. The van der Waals surface area contributed by atoms with Crippen molar-refractivity contribution in [3.63, 3.8) is 0 Å². The molecular weight excluding hydrogens is 255 g/mol. The molecule has 2 heterocycles. The second kappa shape index (κ2) is 2.33. The van der Waals surface area contributed by atoms with Crippen molar-refractivity contribution >= 4 is 39.4 Å². The minimum atomic E-state index is 0.528. The number of halogens is 1. The van der Waals surface area contributed by atoms with Crippen molar-refractivity contribution in [3.05, 3.63) is 16.1 Å². The zero-order valence-corrected chi connectivity index (χ0v) is 7.66. The normalized spacial score (nSPS) is 10.6. The van der Waals surface area contributed by atoms with Crippen molar-refractivity contribution in [2.45, 2.75) is 0 Å². The molecular formula is C6H5IN4. The fourth-order valence-corrected chi connectivity index (χ4v) is 1.44. The second-order valence-electron chi connectivity index (χ2n) is 2.12. The van der Waals surface area contributed by atoms with E-state index in [0.29, 0.717) is 9.65 Å². The number of hydrogen-bond acceptors (Lipinski definition) is 3. The number of nitrogens with zero attached hydrogens (tertiary/aromatic N) is 2. The monoisotopic (exact) mass is 260 g/mol. The van der Waals surface area contributed by atoms with E-state index in [1.807, 2.05) is 28.7 Å².